The van der Waals surface area contributed by atoms with E-state index in [2.05, 4.69) is 15.2 Å². The van der Waals surface area contributed by atoms with Gasteiger partial charge in [0.15, 0.2) is 4.34 Å². The predicted molar refractivity (Wildman–Crippen MR) is 72.7 cm³/mol. The molecule has 0 amide bonds. The second-order valence-electron chi connectivity index (χ2n) is 3.69. The number of nitriles is 1. The Bertz CT molecular complexity index is 573. The molecule has 0 aliphatic rings. The Morgan fingerprint density at radius 2 is 2.28 bits per heavy atom. The molecule has 2 rings (SSSR count). The monoisotopic (exact) mass is 277 g/mol. The molecule has 2 aromatic rings. The first kappa shape index (κ1) is 12.8. The molecular formula is C11H11N5S2. The number of hydrogen-bond donors (Lipinski definition) is 0. The van der Waals surface area contributed by atoms with E-state index in [1.165, 1.54) is 0 Å². The number of hydrogen-bond acceptors (Lipinski definition) is 7. The van der Waals surface area contributed by atoms with Gasteiger partial charge in [0.2, 0.25) is 5.13 Å². The van der Waals surface area contributed by atoms with E-state index >= 15 is 0 Å². The van der Waals surface area contributed by atoms with Crippen LogP contribution in [0.5, 0.6) is 0 Å². The summed E-state index contributed by atoms with van der Waals surface area (Å²) in [7, 11) is 3.88. The smallest absolute Gasteiger partial charge is 0.208 e. The standard InChI is InChI=1S/C11H11N5S2/c1-16(2)10-14-15-11(18-10)17-7-8-3-4-13-9(5-8)6-12/h3-5H,7H2,1-2H3. The highest BCUT2D eigenvalue weighted by atomic mass is 32.2. The van der Waals surface area contributed by atoms with Gasteiger partial charge in [-0.05, 0) is 17.7 Å². The van der Waals surface area contributed by atoms with Crippen molar-refractivity contribution in [1.29, 1.82) is 5.26 Å². The van der Waals surface area contributed by atoms with Crippen molar-refractivity contribution in [2.24, 2.45) is 0 Å². The number of thioether (sulfide) groups is 1. The van der Waals surface area contributed by atoms with Gasteiger partial charge in [0, 0.05) is 26.0 Å². The summed E-state index contributed by atoms with van der Waals surface area (Å²) in [5.74, 6) is 0.763. The van der Waals surface area contributed by atoms with Crippen LogP contribution in [0.1, 0.15) is 11.3 Å². The Balaban J connectivity index is 2.00. The molecule has 2 aromatic heterocycles. The Labute approximate surface area is 113 Å². The maximum atomic E-state index is 8.77. The summed E-state index contributed by atoms with van der Waals surface area (Å²) in [6.45, 7) is 0. The Morgan fingerprint density at radius 1 is 1.44 bits per heavy atom. The summed E-state index contributed by atoms with van der Waals surface area (Å²) in [5, 5.41) is 17.8. The summed E-state index contributed by atoms with van der Waals surface area (Å²) < 4.78 is 0.925. The van der Waals surface area contributed by atoms with Gasteiger partial charge in [-0.15, -0.1) is 10.2 Å². The molecule has 0 fully saturated rings. The van der Waals surface area contributed by atoms with E-state index in [1.54, 1.807) is 35.4 Å². The number of nitrogens with zero attached hydrogens (tertiary/aromatic N) is 5. The molecule has 7 heteroatoms. The topological polar surface area (TPSA) is 65.7 Å². The molecular weight excluding hydrogens is 266 g/mol. The third-order valence-electron chi connectivity index (χ3n) is 2.08. The van der Waals surface area contributed by atoms with Gasteiger partial charge >= 0.3 is 0 Å². The zero-order valence-corrected chi connectivity index (χ0v) is 11.6. The van der Waals surface area contributed by atoms with Gasteiger partial charge in [0.1, 0.15) is 11.8 Å². The molecule has 0 atom stereocenters. The van der Waals surface area contributed by atoms with Crippen LogP contribution in [0, 0.1) is 11.3 Å². The minimum absolute atomic E-state index is 0.444. The van der Waals surface area contributed by atoms with Gasteiger partial charge in [-0.3, -0.25) is 0 Å². The number of rotatable bonds is 4. The highest BCUT2D eigenvalue weighted by Crippen LogP contribution is 2.29. The third kappa shape index (κ3) is 3.18. The fraction of sp³-hybridized carbons (Fsp3) is 0.273. The lowest BCUT2D eigenvalue weighted by Crippen LogP contribution is -2.07. The van der Waals surface area contributed by atoms with Gasteiger partial charge in [-0.25, -0.2) is 4.98 Å². The van der Waals surface area contributed by atoms with Crippen molar-refractivity contribution in [1.82, 2.24) is 15.2 Å². The van der Waals surface area contributed by atoms with Crippen LogP contribution in [0.25, 0.3) is 0 Å². The molecule has 0 saturated carbocycles. The third-order valence-corrected chi connectivity index (χ3v) is 4.38. The number of aromatic nitrogens is 3. The van der Waals surface area contributed by atoms with Crippen LogP contribution < -0.4 is 4.90 Å². The summed E-state index contributed by atoms with van der Waals surface area (Å²) in [4.78, 5) is 5.87. The van der Waals surface area contributed by atoms with Crippen molar-refractivity contribution in [3.8, 4) is 6.07 Å². The minimum atomic E-state index is 0.444. The minimum Gasteiger partial charge on any atom is -0.353 e. The molecule has 0 saturated heterocycles. The number of anilines is 1. The normalized spacial score (nSPS) is 10.1. The molecule has 0 aromatic carbocycles. The molecule has 18 heavy (non-hydrogen) atoms. The van der Waals surface area contributed by atoms with Crippen LogP contribution in [0.2, 0.25) is 0 Å². The molecule has 0 spiro atoms. The molecule has 0 radical (unpaired) electrons. The fourth-order valence-corrected chi connectivity index (χ4v) is 2.92. The van der Waals surface area contributed by atoms with Crippen molar-refractivity contribution in [2.75, 3.05) is 19.0 Å². The summed E-state index contributed by atoms with van der Waals surface area (Å²) in [5.41, 5.74) is 1.51. The van der Waals surface area contributed by atoms with Crippen LogP contribution in [0.4, 0.5) is 5.13 Å². The second kappa shape index (κ2) is 5.80. The maximum Gasteiger partial charge on any atom is 0.208 e. The van der Waals surface area contributed by atoms with Crippen LogP contribution in [-0.2, 0) is 5.75 Å². The number of pyridine rings is 1. The van der Waals surface area contributed by atoms with E-state index in [4.69, 9.17) is 5.26 Å². The average Bonchev–Trinajstić information content (AvgIpc) is 2.85. The lowest BCUT2D eigenvalue weighted by molar-refractivity contribution is 0.972. The summed E-state index contributed by atoms with van der Waals surface area (Å²) >= 11 is 3.17. The molecule has 0 N–H and O–H groups in total. The largest absolute Gasteiger partial charge is 0.353 e. The first-order chi connectivity index (χ1) is 8.69. The highest BCUT2D eigenvalue weighted by Gasteiger charge is 2.06. The first-order valence-corrected chi connectivity index (χ1v) is 6.98. The van der Waals surface area contributed by atoms with Crippen LogP contribution in [-0.4, -0.2) is 29.3 Å². The lowest BCUT2D eigenvalue weighted by Gasteiger charge is -2.03. The van der Waals surface area contributed by atoms with E-state index in [-0.39, 0.29) is 0 Å². The van der Waals surface area contributed by atoms with E-state index in [0.717, 1.165) is 20.8 Å². The van der Waals surface area contributed by atoms with Crippen LogP contribution in [0.3, 0.4) is 0 Å². The van der Waals surface area contributed by atoms with Crippen molar-refractivity contribution >= 4 is 28.2 Å². The van der Waals surface area contributed by atoms with Gasteiger partial charge < -0.3 is 4.90 Å². The highest BCUT2D eigenvalue weighted by molar-refractivity contribution is 8.00. The second-order valence-corrected chi connectivity index (χ2v) is 5.87. The zero-order chi connectivity index (χ0) is 13.0. The zero-order valence-electron chi connectivity index (χ0n) is 9.99. The Morgan fingerprint density at radius 3 is 2.94 bits per heavy atom. The van der Waals surface area contributed by atoms with Crippen LogP contribution >= 0.6 is 23.1 Å². The Kier molecular flexibility index (Phi) is 4.12. The molecule has 0 aliphatic carbocycles. The van der Waals surface area contributed by atoms with Gasteiger partial charge in [-0.2, -0.15) is 5.26 Å². The van der Waals surface area contributed by atoms with E-state index in [0.29, 0.717) is 5.69 Å². The molecule has 0 bridgehead atoms. The maximum absolute atomic E-state index is 8.77. The van der Waals surface area contributed by atoms with Gasteiger partial charge in [0.05, 0.1) is 0 Å². The predicted octanol–water partition coefficient (Wildman–Crippen LogP) is 2.16. The van der Waals surface area contributed by atoms with E-state index in [9.17, 15) is 0 Å². The van der Waals surface area contributed by atoms with Gasteiger partial charge in [-0.1, -0.05) is 23.1 Å². The Hall–Kier alpha value is -1.65. The molecule has 0 aliphatic heterocycles. The van der Waals surface area contributed by atoms with Crippen molar-refractivity contribution in [3.05, 3.63) is 29.6 Å². The molecule has 92 valence electrons. The molecule has 0 unspecified atom stereocenters. The van der Waals surface area contributed by atoms with Crippen molar-refractivity contribution < 1.29 is 0 Å². The lowest BCUT2D eigenvalue weighted by atomic mass is 10.2. The first-order valence-electron chi connectivity index (χ1n) is 5.17. The average molecular weight is 277 g/mol. The van der Waals surface area contributed by atoms with Gasteiger partial charge in [0.25, 0.3) is 0 Å². The van der Waals surface area contributed by atoms with Crippen LogP contribution in [0.15, 0.2) is 22.7 Å². The quantitative estimate of drug-likeness (QED) is 0.798. The SMILES string of the molecule is CN(C)c1nnc(SCc2ccnc(C#N)c2)s1. The van der Waals surface area contributed by atoms with Crippen molar-refractivity contribution in [2.45, 2.75) is 10.1 Å². The van der Waals surface area contributed by atoms with E-state index in [1.807, 2.05) is 31.1 Å². The fourth-order valence-electron chi connectivity index (χ4n) is 1.21. The molecule has 2 heterocycles. The van der Waals surface area contributed by atoms with Crippen molar-refractivity contribution in [3.63, 3.8) is 0 Å². The van der Waals surface area contributed by atoms with E-state index < -0.39 is 0 Å². The summed E-state index contributed by atoms with van der Waals surface area (Å²) in [6.07, 6.45) is 1.65. The molecule has 5 nitrogen and oxygen atoms in total. The summed E-state index contributed by atoms with van der Waals surface area (Å²) in [6, 6.07) is 5.73.